The molecule has 0 saturated carbocycles. The maximum absolute atomic E-state index is 11.9. The summed E-state index contributed by atoms with van der Waals surface area (Å²) in [7, 11) is -3.46. The number of benzene rings is 1. The van der Waals surface area contributed by atoms with Gasteiger partial charge in [0.1, 0.15) is 0 Å². The van der Waals surface area contributed by atoms with Gasteiger partial charge in [0.15, 0.2) is 0 Å². The molecule has 2 rings (SSSR count). The third kappa shape index (κ3) is 4.66. The lowest BCUT2D eigenvalue weighted by atomic mass is 10.4. The van der Waals surface area contributed by atoms with E-state index >= 15 is 0 Å². The first-order valence-electron chi connectivity index (χ1n) is 6.46. The molecule has 7 heteroatoms. The van der Waals surface area contributed by atoms with Gasteiger partial charge in [-0.3, -0.25) is 4.79 Å². The molecular formula is C14H16N2O3S2. The zero-order chi connectivity index (χ0) is 15.1. The van der Waals surface area contributed by atoms with E-state index in [0.717, 1.165) is 0 Å². The molecule has 0 fully saturated rings. The van der Waals surface area contributed by atoms with Crippen molar-refractivity contribution in [3.8, 4) is 0 Å². The van der Waals surface area contributed by atoms with Crippen LogP contribution in [0.5, 0.6) is 0 Å². The molecule has 0 spiro atoms. The molecule has 1 aromatic carbocycles. The van der Waals surface area contributed by atoms with E-state index in [1.54, 1.807) is 36.4 Å². The van der Waals surface area contributed by atoms with E-state index in [0.29, 0.717) is 17.8 Å². The van der Waals surface area contributed by atoms with Crippen LogP contribution >= 0.6 is 11.3 Å². The number of rotatable bonds is 7. The third-order valence-corrected chi connectivity index (χ3v) is 5.08. The predicted molar refractivity (Wildman–Crippen MR) is 82.9 cm³/mol. The van der Waals surface area contributed by atoms with E-state index in [1.807, 2.05) is 11.4 Å². The van der Waals surface area contributed by atoms with Gasteiger partial charge in [-0.25, -0.2) is 13.1 Å². The molecule has 1 amide bonds. The van der Waals surface area contributed by atoms with Crippen LogP contribution in [0.4, 0.5) is 0 Å². The van der Waals surface area contributed by atoms with Gasteiger partial charge in [-0.15, -0.1) is 11.3 Å². The van der Waals surface area contributed by atoms with Crippen LogP contribution in [0.2, 0.25) is 0 Å². The monoisotopic (exact) mass is 324 g/mol. The van der Waals surface area contributed by atoms with Gasteiger partial charge in [-0.1, -0.05) is 24.3 Å². The number of thiophene rings is 1. The van der Waals surface area contributed by atoms with Crippen molar-refractivity contribution in [2.75, 3.05) is 13.1 Å². The Bertz CT molecular complexity index is 668. The Balaban J connectivity index is 1.72. The lowest BCUT2D eigenvalue weighted by molar-refractivity contribution is 0.0957. The third-order valence-electron chi connectivity index (χ3n) is 2.73. The van der Waals surface area contributed by atoms with E-state index in [2.05, 4.69) is 10.0 Å². The molecule has 112 valence electrons. The normalized spacial score (nSPS) is 11.2. The Morgan fingerprint density at radius 3 is 2.48 bits per heavy atom. The van der Waals surface area contributed by atoms with Crippen LogP contribution in [-0.2, 0) is 10.0 Å². The van der Waals surface area contributed by atoms with E-state index in [1.165, 1.54) is 11.3 Å². The zero-order valence-electron chi connectivity index (χ0n) is 11.3. The Kier molecular flexibility index (Phi) is 5.49. The fourth-order valence-corrected chi connectivity index (χ4v) is 3.41. The number of nitrogens with one attached hydrogen (secondary N) is 2. The second-order valence-corrected chi connectivity index (χ2v) is 7.01. The Morgan fingerprint density at radius 2 is 1.81 bits per heavy atom. The first kappa shape index (κ1) is 15.7. The molecule has 0 unspecified atom stereocenters. The summed E-state index contributed by atoms with van der Waals surface area (Å²) in [6.07, 6.45) is 0.531. The number of hydrogen-bond acceptors (Lipinski definition) is 4. The lowest BCUT2D eigenvalue weighted by Crippen LogP contribution is -2.29. The van der Waals surface area contributed by atoms with Gasteiger partial charge >= 0.3 is 0 Å². The molecule has 0 aliphatic rings. The van der Waals surface area contributed by atoms with Crippen molar-refractivity contribution < 1.29 is 13.2 Å². The first-order valence-corrected chi connectivity index (χ1v) is 8.82. The molecule has 0 atom stereocenters. The maximum atomic E-state index is 11.9. The highest BCUT2D eigenvalue weighted by molar-refractivity contribution is 7.89. The maximum Gasteiger partial charge on any atom is 0.261 e. The minimum Gasteiger partial charge on any atom is -0.351 e. The highest BCUT2D eigenvalue weighted by atomic mass is 32.2. The van der Waals surface area contributed by atoms with Crippen molar-refractivity contribution in [3.05, 3.63) is 52.7 Å². The summed E-state index contributed by atoms with van der Waals surface area (Å²) in [5.41, 5.74) is 0. The van der Waals surface area contributed by atoms with Crippen LogP contribution in [-0.4, -0.2) is 27.4 Å². The van der Waals surface area contributed by atoms with Crippen LogP contribution in [0.25, 0.3) is 0 Å². The van der Waals surface area contributed by atoms with Crippen molar-refractivity contribution in [3.63, 3.8) is 0 Å². The largest absolute Gasteiger partial charge is 0.351 e. The van der Waals surface area contributed by atoms with E-state index in [9.17, 15) is 13.2 Å². The molecule has 2 N–H and O–H groups in total. The van der Waals surface area contributed by atoms with E-state index in [-0.39, 0.29) is 17.3 Å². The number of hydrogen-bond donors (Lipinski definition) is 2. The first-order chi connectivity index (χ1) is 10.1. The van der Waals surface area contributed by atoms with Crippen LogP contribution in [0.3, 0.4) is 0 Å². The summed E-state index contributed by atoms with van der Waals surface area (Å²) in [4.78, 5) is 12.5. The Morgan fingerprint density at radius 1 is 1.05 bits per heavy atom. The lowest BCUT2D eigenvalue weighted by Gasteiger charge is -2.07. The summed E-state index contributed by atoms with van der Waals surface area (Å²) < 4.78 is 26.3. The van der Waals surface area contributed by atoms with Crippen LogP contribution < -0.4 is 10.0 Å². The SMILES string of the molecule is O=C(NCCCNS(=O)(=O)c1ccccc1)c1cccs1. The number of carbonyl (C=O) groups is 1. The molecule has 0 aliphatic heterocycles. The summed E-state index contributed by atoms with van der Waals surface area (Å²) in [6, 6.07) is 11.8. The molecule has 0 radical (unpaired) electrons. The standard InChI is InChI=1S/C14H16N2O3S2/c17-14(13-8-4-11-20-13)15-9-5-10-16-21(18,19)12-6-2-1-3-7-12/h1-4,6-8,11,16H,5,9-10H2,(H,15,17). The van der Waals surface area contributed by atoms with Gasteiger partial charge in [0.2, 0.25) is 10.0 Å². The quantitative estimate of drug-likeness (QED) is 0.763. The van der Waals surface area contributed by atoms with Gasteiger partial charge in [-0.05, 0) is 30.0 Å². The molecule has 0 saturated heterocycles. The Hall–Kier alpha value is -1.70. The molecule has 5 nitrogen and oxygen atoms in total. The van der Waals surface area contributed by atoms with Crippen molar-refractivity contribution in [2.24, 2.45) is 0 Å². The topological polar surface area (TPSA) is 75.3 Å². The smallest absolute Gasteiger partial charge is 0.261 e. The molecular weight excluding hydrogens is 308 g/mol. The van der Waals surface area contributed by atoms with Crippen molar-refractivity contribution in [1.82, 2.24) is 10.0 Å². The molecule has 2 aromatic rings. The van der Waals surface area contributed by atoms with Crippen LogP contribution in [0, 0.1) is 0 Å². The van der Waals surface area contributed by atoms with Crippen LogP contribution in [0.1, 0.15) is 16.1 Å². The predicted octanol–water partition coefficient (Wildman–Crippen LogP) is 1.85. The number of amides is 1. The highest BCUT2D eigenvalue weighted by Gasteiger charge is 2.12. The molecule has 1 aromatic heterocycles. The summed E-state index contributed by atoms with van der Waals surface area (Å²) in [5, 5.41) is 4.58. The van der Waals surface area contributed by atoms with Gasteiger partial charge in [-0.2, -0.15) is 0 Å². The molecule has 1 heterocycles. The van der Waals surface area contributed by atoms with Gasteiger partial charge < -0.3 is 5.32 Å². The van der Waals surface area contributed by atoms with Gasteiger partial charge in [0.25, 0.3) is 5.91 Å². The zero-order valence-corrected chi connectivity index (χ0v) is 12.9. The summed E-state index contributed by atoms with van der Waals surface area (Å²) in [5.74, 6) is -0.129. The summed E-state index contributed by atoms with van der Waals surface area (Å²) in [6.45, 7) is 0.704. The fourth-order valence-electron chi connectivity index (χ4n) is 1.67. The van der Waals surface area contributed by atoms with Crippen molar-refractivity contribution >= 4 is 27.3 Å². The minimum atomic E-state index is -3.46. The second-order valence-electron chi connectivity index (χ2n) is 4.30. The number of sulfonamides is 1. The highest BCUT2D eigenvalue weighted by Crippen LogP contribution is 2.08. The van der Waals surface area contributed by atoms with E-state index < -0.39 is 10.0 Å². The molecule has 21 heavy (non-hydrogen) atoms. The average Bonchev–Trinajstić information content (AvgIpc) is 3.02. The van der Waals surface area contributed by atoms with Crippen LogP contribution in [0.15, 0.2) is 52.7 Å². The van der Waals surface area contributed by atoms with E-state index in [4.69, 9.17) is 0 Å². The fraction of sp³-hybridized carbons (Fsp3) is 0.214. The number of carbonyl (C=O) groups excluding carboxylic acids is 1. The second kappa shape index (κ2) is 7.35. The van der Waals surface area contributed by atoms with Crippen molar-refractivity contribution in [1.29, 1.82) is 0 Å². The van der Waals surface area contributed by atoms with Gasteiger partial charge in [0, 0.05) is 13.1 Å². The van der Waals surface area contributed by atoms with Crippen molar-refractivity contribution in [2.45, 2.75) is 11.3 Å². The molecule has 0 bridgehead atoms. The minimum absolute atomic E-state index is 0.129. The Labute approximate surface area is 128 Å². The molecule has 0 aliphatic carbocycles. The van der Waals surface area contributed by atoms with Gasteiger partial charge in [0.05, 0.1) is 9.77 Å². The summed E-state index contributed by atoms with van der Waals surface area (Å²) >= 11 is 1.37. The average molecular weight is 324 g/mol.